The topological polar surface area (TPSA) is 23.1 Å². The standard InChI is InChI=1S/C12H7ClO/c13-7-4-5-9-8-2-1-3-10(8)12(14)11(9)6-7/h1-6,14H/p-1. The summed E-state index contributed by atoms with van der Waals surface area (Å²) in [5.41, 5.74) is 1.82. The van der Waals surface area contributed by atoms with Gasteiger partial charge in [0.1, 0.15) is 0 Å². The summed E-state index contributed by atoms with van der Waals surface area (Å²) >= 11 is 5.85. The van der Waals surface area contributed by atoms with E-state index in [-0.39, 0.29) is 5.76 Å². The fraction of sp³-hybridized carbons (Fsp3) is 0. The Bertz CT molecular complexity index is 606. The first-order valence-corrected chi connectivity index (χ1v) is 4.75. The molecule has 0 spiro atoms. The Kier molecular flexibility index (Phi) is 1.42. The summed E-state index contributed by atoms with van der Waals surface area (Å²) in [5, 5.41) is 14.2. The molecule has 0 N–H and O–H groups in total. The number of hydrogen-bond donors (Lipinski definition) is 0. The summed E-state index contributed by atoms with van der Waals surface area (Å²) in [7, 11) is 0. The lowest BCUT2D eigenvalue weighted by Crippen LogP contribution is -2.26. The van der Waals surface area contributed by atoms with Crippen LogP contribution in [0.15, 0.2) is 42.0 Å². The summed E-state index contributed by atoms with van der Waals surface area (Å²) in [6, 6.07) is 5.45. The first-order chi connectivity index (χ1) is 6.77. The highest BCUT2D eigenvalue weighted by Crippen LogP contribution is 2.25. The van der Waals surface area contributed by atoms with Gasteiger partial charge in [0.25, 0.3) is 0 Å². The van der Waals surface area contributed by atoms with Crippen LogP contribution in [-0.4, -0.2) is 0 Å². The molecular weight excluding hydrogens is 196 g/mol. The van der Waals surface area contributed by atoms with Crippen molar-refractivity contribution >= 4 is 22.9 Å². The molecule has 0 fully saturated rings. The summed E-state index contributed by atoms with van der Waals surface area (Å²) in [4.78, 5) is 0. The second-order valence-electron chi connectivity index (χ2n) is 3.37. The lowest BCUT2D eigenvalue weighted by Gasteiger charge is -2.08. The van der Waals surface area contributed by atoms with Crippen molar-refractivity contribution < 1.29 is 5.11 Å². The summed E-state index contributed by atoms with van der Waals surface area (Å²) in [5.74, 6) is 0.0856. The zero-order chi connectivity index (χ0) is 9.71. The van der Waals surface area contributed by atoms with Crippen LogP contribution in [0.25, 0.3) is 11.3 Å². The molecule has 0 bridgehead atoms. The maximum Gasteiger partial charge on any atom is 0.0412 e. The van der Waals surface area contributed by atoms with Gasteiger partial charge in [-0.05, 0) is 33.7 Å². The highest BCUT2D eigenvalue weighted by atomic mass is 35.5. The summed E-state index contributed by atoms with van der Waals surface area (Å²) in [6.07, 6.45) is 5.72. The molecule has 1 aromatic carbocycles. The van der Waals surface area contributed by atoms with Crippen LogP contribution in [0.1, 0.15) is 0 Å². The number of benzene rings is 1. The molecule has 2 aliphatic rings. The van der Waals surface area contributed by atoms with Gasteiger partial charge < -0.3 is 5.11 Å². The lowest BCUT2D eigenvalue weighted by atomic mass is 10.1. The third kappa shape index (κ3) is 0.851. The van der Waals surface area contributed by atoms with Crippen molar-refractivity contribution in [1.29, 1.82) is 0 Å². The first-order valence-electron chi connectivity index (χ1n) is 4.38. The monoisotopic (exact) mass is 201 g/mol. The van der Waals surface area contributed by atoms with Crippen molar-refractivity contribution in [1.82, 2.24) is 0 Å². The second kappa shape index (κ2) is 2.52. The molecule has 68 valence electrons. The lowest BCUT2D eigenvalue weighted by molar-refractivity contribution is -0.244. The van der Waals surface area contributed by atoms with Gasteiger partial charge in [0.15, 0.2) is 0 Å². The Morgan fingerprint density at radius 2 is 2.00 bits per heavy atom. The highest BCUT2D eigenvalue weighted by Gasteiger charge is 2.13. The van der Waals surface area contributed by atoms with E-state index < -0.39 is 0 Å². The Morgan fingerprint density at radius 1 is 1.14 bits per heavy atom. The zero-order valence-corrected chi connectivity index (χ0v) is 8.01. The largest absolute Gasteiger partial charge is 0.872 e. The van der Waals surface area contributed by atoms with E-state index in [1.54, 1.807) is 6.07 Å². The van der Waals surface area contributed by atoms with Crippen LogP contribution in [0.3, 0.4) is 0 Å². The van der Waals surface area contributed by atoms with Crippen LogP contribution in [0.5, 0.6) is 0 Å². The Morgan fingerprint density at radius 3 is 2.86 bits per heavy atom. The Balaban J connectivity index is 2.57. The minimum absolute atomic E-state index is 0.0856. The molecule has 0 heterocycles. The van der Waals surface area contributed by atoms with Crippen LogP contribution in [-0.2, 0) is 0 Å². The van der Waals surface area contributed by atoms with Gasteiger partial charge in [-0.15, -0.1) is 0 Å². The molecular formula is C12H6ClO-. The third-order valence-electron chi connectivity index (χ3n) is 2.58. The molecule has 1 aromatic rings. The average molecular weight is 202 g/mol. The van der Waals surface area contributed by atoms with Gasteiger partial charge in [0.05, 0.1) is 0 Å². The maximum atomic E-state index is 11.8. The summed E-state index contributed by atoms with van der Waals surface area (Å²) in [6.45, 7) is 0. The van der Waals surface area contributed by atoms with Crippen molar-refractivity contribution in [3.8, 4) is 0 Å². The van der Waals surface area contributed by atoms with Gasteiger partial charge in [0, 0.05) is 5.02 Å². The average Bonchev–Trinajstić information content (AvgIpc) is 2.72. The van der Waals surface area contributed by atoms with E-state index >= 15 is 0 Å². The smallest absolute Gasteiger partial charge is 0.0412 e. The van der Waals surface area contributed by atoms with Crippen molar-refractivity contribution in [3.63, 3.8) is 0 Å². The van der Waals surface area contributed by atoms with E-state index in [9.17, 15) is 5.11 Å². The van der Waals surface area contributed by atoms with E-state index in [1.807, 2.05) is 30.4 Å². The van der Waals surface area contributed by atoms with Crippen LogP contribution in [0.2, 0.25) is 5.02 Å². The molecule has 0 atom stereocenters. The van der Waals surface area contributed by atoms with Gasteiger partial charge >= 0.3 is 0 Å². The molecule has 0 aromatic heterocycles. The number of allylic oxidation sites excluding steroid dienone is 3. The highest BCUT2D eigenvalue weighted by molar-refractivity contribution is 6.30. The fourth-order valence-electron chi connectivity index (χ4n) is 1.94. The Hall–Kier alpha value is -1.47. The van der Waals surface area contributed by atoms with Crippen LogP contribution >= 0.6 is 11.6 Å². The van der Waals surface area contributed by atoms with Gasteiger partial charge in [-0.2, -0.15) is 0 Å². The Labute approximate surface area is 85.9 Å². The van der Waals surface area contributed by atoms with Crippen LogP contribution < -0.4 is 15.5 Å². The number of rotatable bonds is 0. The molecule has 2 heteroatoms. The van der Waals surface area contributed by atoms with E-state index in [0.717, 1.165) is 21.6 Å². The molecule has 0 amide bonds. The molecule has 2 aliphatic carbocycles. The maximum absolute atomic E-state index is 11.8. The molecule has 1 nitrogen and oxygen atoms in total. The van der Waals surface area contributed by atoms with Crippen molar-refractivity contribution in [3.05, 3.63) is 57.5 Å². The quantitative estimate of drug-likeness (QED) is 0.599. The minimum Gasteiger partial charge on any atom is -0.872 e. The SMILES string of the molecule is [O-]C1=c2cc(Cl)ccc2=C2C=CC=C12. The molecule has 0 saturated carbocycles. The van der Waals surface area contributed by atoms with Crippen molar-refractivity contribution in [2.45, 2.75) is 0 Å². The fourth-order valence-corrected chi connectivity index (χ4v) is 2.11. The van der Waals surface area contributed by atoms with E-state index in [1.165, 1.54) is 0 Å². The zero-order valence-electron chi connectivity index (χ0n) is 7.25. The van der Waals surface area contributed by atoms with Crippen LogP contribution in [0, 0.1) is 0 Å². The molecule has 0 saturated heterocycles. The molecule has 3 rings (SSSR count). The molecule has 0 radical (unpaired) electrons. The third-order valence-corrected chi connectivity index (χ3v) is 2.81. The number of hydrogen-bond acceptors (Lipinski definition) is 1. The van der Waals surface area contributed by atoms with Gasteiger partial charge in [-0.1, -0.05) is 41.7 Å². The minimum atomic E-state index is 0.0856. The second-order valence-corrected chi connectivity index (χ2v) is 3.81. The van der Waals surface area contributed by atoms with Gasteiger partial charge in [-0.3, -0.25) is 0 Å². The van der Waals surface area contributed by atoms with E-state index in [4.69, 9.17) is 11.6 Å². The van der Waals surface area contributed by atoms with Gasteiger partial charge in [-0.25, -0.2) is 0 Å². The molecule has 0 aliphatic heterocycles. The van der Waals surface area contributed by atoms with E-state index in [2.05, 4.69) is 0 Å². The van der Waals surface area contributed by atoms with Crippen molar-refractivity contribution in [2.24, 2.45) is 0 Å². The number of halogens is 1. The summed E-state index contributed by atoms with van der Waals surface area (Å²) < 4.78 is 0. The van der Waals surface area contributed by atoms with E-state index in [0.29, 0.717) is 5.02 Å². The predicted molar refractivity (Wildman–Crippen MR) is 54.7 cm³/mol. The first kappa shape index (κ1) is 7.89. The van der Waals surface area contributed by atoms with Crippen molar-refractivity contribution in [2.75, 3.05) is 0 Å². The predicted octanol–water partition coefficient (Wildman–Crippen LogP) is 0.469. The van der Waals surface area contributed by atoms with Crippen LogP contribution in [0.4, 0.5) is 0 Å². The molecule has 0 unspecified atom stereocenters. The normalized spacial score (nSPS) is 17.1. The number of fused-ring (bicyclic) bond motifs is 2. The van der Waals surface area contributed by atoms with Gasteiger partial charge in [0.2, 0.25) is 0 Å². The molecule has 14 heavy (non-hydrogen) atoms.